The van der Waals surface area contributed by atoms with E-state index in [1.807, 2.05) is 4.98 Å². The van der Waals surface area contributed by atoms with Crippen molar-refractivity contribution in [3.8, 4) is 0 Å². The topological polar surface area (TPSA) is 85.9 Å². The van der Waals surface area contributed by atoms with E-state index in [2.05, 4.69) is 4.98 Å². The molecular weight excluding hydrogens is 277 g/mol. The Bertz CT molecular complexity index is 746. The molecule has 108 valence electrons. The Hall–Kier alpha value is -2.09. The monoisotopic (exact) mass is 288 g/mol. The summed E-state index contributed by atoms with van der Waals surface area (Å²) in [6.07, 6.45) is -4.46. The van der Waals surface area contributed by atoms with Crippen LogP contribution in [0.1, 0.15) is 17.5 Å². The Balaban J connectivity index is 2.74. The average molecular weight is 288 g/mol. The SMILES string of the molecule is O=c1[nH]c(=O)c2cc(CCCO)c(C(F)(F)F)cc2[nH]1. The van der Waals surface area contributed by atoms with E-state index in [1.54, 1.807) is 0 Å². The number of hydrogen-bond donors (Lipinski definition) is 3. The molecule has 0 saturated carbocycles. The molecule has 0 aliphatic heterocycles. The summed E-state index contributed by atoms with van der Waals surface area (Å²) in [4.78, 5) is 26.8. The summed E-state index contributed by atoms with van der Waals surface area (Å²) in [6.45, 7) is -0.253. The van der Waals surface area contributed by atoms with Crippen molar-refractivity contribution in [2.75, 3.05) is 6.61 Å². The fraction of sp³-hybridized carbons (Fsp3) is 0.333. The van der Waals surface area contributed by atoms with Crippen molar-refractivity contribution in [1.29, 1.82) is 0 Å². The van der Waals surface area contributed by atoms with Crippen molar-refractivity contribution in [2.24, 2.45) is 0 Å². The average Bonchev–Trinajstić information content (AvgIpc) is 2.34. The minimum absolute atomic E-state index is 0.0140. The standard InChI is InChI=1S/C12H11F3N2O3/c13-12(14,15)8-5-9-7(4-6(8)2-1-3-18)10(19)17-11(20)16-9/h4-5,18H,1-3H2,(H2,16,17,19,20). The molecule has 0 saturated heterocycles. The first kappa shape index (κ1) is 14.3. The second kappa shape index (κ2) is 5.12. The summed E-state index contributed by atoms with van der Waals surface area (Å²) < 4.78 is 38.9. The Morgan fingerprint density at radius 1 is 1.15 bits per heavy atom. The Labute approximate surface area is 110 Å². The number of hydrogen-bond acceptors (Lipinski definition) is 3. The lowest BCUT2D eigenvalue weighted by molar-refractivity contribution is -0.138. The Morgan fingerprint density at radius 3 is 2.45 bits per heavy atom. The first-order valence-corrected chi connectivity index (χ1v) is 5.80. The normalized spacial score (nSPS) is 12.0. The van der Waals surface area contributed by atoms with Gasteiger partial charge in [-0.3, -0.25) is 9.78 Å². The highest BCUT2D eigenvalue weighted by molar-refractivity contribution is 5.79. The molecule has 0 radical (unpaired) electrons. The number of fused-ring (bicyclic) bond motifs is 1. The largest absolute Gasteiger partial charge is 0.416 e. The van der Waals surface area contributed by atoms with Gasteiger partial charge in [0.1, 0.15) is 0 Å². The molecule has 1 aromatic heterocycles. The van der Waals surface area contributed by atoms with Crippen molar-refractivity contribution in [3.63, 3.8) is 0 Å². The number of aryl methyl sites for hydroxylation is 1. The summed E-state index contributed by atoms with van der Waals surface area (Å²) in [5, 5.41) is 8.71. The van der Waals surface area contributed by atoms with Gasteiger partial charge in [-0.1, -0.05) is 0 Å². The van der Waals surface area contributed by atoms with Gasteiger partial charge in [-0.2, -0.15) is 13.2 Å². The van der Waals surface area contributed by atoms with Crippen molar-refractivity contribution in [2.45, 2.75) is 19.0 Å². The third-order valence-corrected chi connectivity index (χ3v) is 2.87. The fourth-order valence-electron chi connectivity index (χ4n) is 2.00. The van der Waals surface area contributed by atoms with Crippen molar-refractivity contribution < 1.29 is 18.3 Å². The molecule has 2 aromatic rings. The number of aliphatic hydroxyl groups is 1. The zero-order chi connectivity index (χ0) is 14.9. The van der Waals surface area contributed by atoms with Crippen LogP contribution >= 0.6 is 0 Å². The maximum atomic E-state index is 13.0. The molecule has 0 atom stereocenters. The second-order valence-corrected chi connectivity index (χ2v) is 4.29. The molecule has 0 unspecified atom stereocenters. The summed E-state index contributed by atoms with van der Waals surface area (Å²) >= 11 is 0. The van der Waals surface area contributed by atoms with Crippen LogP contribution in [0.25, 0.3) is 10.9 Å². The maximum Gasteiger partial charge on any atom is 0.416 e. The molecule has 8 heteroatoms. The number of aromatic nitrogens is 2. The maximum absolute atomic E-state index is 13.0. The zero-order valence-corrected chi connectivity index (χ0v) is 10.2. The molecular formula is C12H11F3N2O3. The van der Waals surface area contributed by atoms with E-state index in [0.717, 1.165) is 12.1 Å². The van der Waals surface area contributed by atoms with Crippen LogP contribution in [0, 0.1) is 0 Å². The molecule has 0 fully saturated rings. The zero-order valence-electron chi connectivity index (χ0n) is 10.2. The minimum atomic E-state index is -4.60. The van der Waals surface area contributed by atoms with E-state index in [1.165, 1.54) is 0 Å². The van der Waals surface area contributed by atoms with E-state index in [9.17, 15) is 22.8 Å². The van der Waals surface area contributed by atoms with E-state index in [4.69, 9.17) is 5.11 Å². The van der Waals surface area contributed by atoms with Gasteiger partial charge in [-0.15, -0.1) is 0 Å². The Morgan fingerprint density at radius 2 is 1.85 bits per heavy atom. The highest BCUT2D eigenvalue weighted by Gasteiger charge is 2.33. The molecule has 0 aliphatic rings. The molecule has 0 amide bonds. The lowest BCUT2D eigenvalue weighted by Gasteiger charge is -2.13. The molecule has 0 bridgehead atoms. The molecule has 20 heavy (non-hydrogen) atoms. The van der Waals surface area contributed by atoms with Crippen LogP contribution in [0.15, 0.2) is 21.7 Å². The van der Waals surface area contributed by atoms with E-state index >= 15 is 0 Å². The number of nitrogens with one attached hydrogen (secondary N) is 2. The van der Waals surface area contributed by atoms with Gasteiger partial charge in [0.05, 0.1) is 16.5 Å². The van der Waals surface area contributed by atoms with Crippen LogP contribution in [0.5, 0.6) is 0 Å². The van der Waals surface area contributed by atoms with Gasteiger partial charge >= 0.3 is 11.9 Å². The summed E-state index contributed by atoms with van der Waals surface area (Å²) in [7, 11) is 0. The van der Waals surface area contributed by atoms with Crippen molar-refractivity contribution >= 4 is 10.9 Å². The molecule has 1 heterocycles. The van der Waals surface area contributed by atoms with Crippen molar-refractivity contribution in [1.82, 2.24) is 9.97 Å². The molecule has 3 N–H and O–H groups in total. The first-order chi connectivity index (χ1) is 9.32. The lowest BCUT2D eigenvalue weighted by Crippen LogP contribution is -2.23. The van der Waals surface area contributed by atoms with Crippen molar-refractivity contribution in [3.05, 3.63) is 44.1 Å². The number of halogens is 3. The number of aromatic amines is 2. The fourth-order valence-corrected chi connectivity index (χ4v) is 2.00. The van der Waals surface area contributed by atoms with Crippen LogP contribution in [0.2, 0.25) is 0 Å². The number of aliphatic hydroxyl groups excluding tert-OH is 1. The second-order valence-electron chi connectivity index (χ2n) is 4.29. The highest BCUT2D eigenvalue weighted by atomic mass is 19.4. The van der Waals surface area contributed by atoms with E-state index in [0.29, 0.717) is 0 Å². The minimum Gasteiger partial charge on any atom is -0.396 e. The third kappa shape index (κ3) is 2.74. The van der Waals surface area contributed by atoms with Gasteiger partial charge in [0.15, 0.2) is 0 Å². The van der Waals surface area contributed by atoms with Crippen LogP contribution in [-0.4, -0.2) is 21.7 Å². The van der Waals surface area contributed by atoms with Crippen LogP contribution in [-0.2, 0) is 12.6 Å². The number of H-pyrrole nitrogens is 2. The lowest BCUT2D eigenvalue weighted by atomic mass is 10.00. The van der Waals surface area contributed by atoms with Gasteiger partial charge in [0, 0.05) is 6.61 Å². The Kier molecular flexibility index (Phi) is 3.67. The predicted molar refractivity (Wildman–Crippen MR) is 65.6 cm³/mol. The predicted octanol–water partition coefficient (Wildman–Crippen LogP) is 1.16. The van der Waals surface area contributed by atoms with E-state index < -0.39 is 23.0 Å². The molecule has 2 rings (SSSR count). The van der Waals surface area contributed by atoms with Gasteiger partial charge in [-0.05, 0) is 30.5 Å². The number of alkyl halides is 3. The molecule has 1 aromatic carbocycles. The molecule has 0 spiro atoms. The number of rotatable bonds is 3. The van der Waals surface area contributed by atoms with Gasteiger partial charge in [0.25, 0.3) is 5.56 Å². The molecule has 0 aliphatic carbocycles. The smallest absolute Gasteiger partial charge is 0.396 e. The molecule has 5 nitrogen and oxygen atoms in total. The highest BCUT2D eigenvalue weighted by Crippen LogP contribution is 2.34. The number of benzene rings is 1. The van der Waals surface area contributed by atoms with Gasteiger partial charge in [0.2, 0.25) is 0 Å². The quantitative estimate of drug-likeness (QED) is 0.792. The van der Waals surface area contributed by atoms with Crippen LogP contribution in [0.4, 0.5) is 13.2 Å². The summed E-state index contributed by atoms with van der Waals surface area (Å²) in [5.41, 5.74) is -2.78. The first-order valence-electron chi connectivity index (χ1n) is 5.80. The van der Waals surface area contributed by atoms with Gasteiger partial charge in [-0.25, -0.2) is 4.79 Å². The van der Waals surface area contributed by atoms with Crippen LogP contribution < -0.4 is 11.2 Å². The van der Waals surface area contributed by atoms with Gasteiger partial charge < -0.3 is 10.1 Å². The summed E-state index contributed by atoms with van der Waals surface area (Å²) in [6, 6.07) is 1.85. The third-order valence-electron chi connectivity index (χ3n) is 2.87. The summed E-state index contributed by atoms with van der Waals surface area (Å²) in [5.74, 6) is 0. The van der Waals surface area contributed by atoms with E-state index in [-0.39, 0.29) is 35.9 Å². The van der Waals surface area contributed by atoms with Crippen LogP contribution in [0.3, 0.4) is 0 Å².